The van der Waals surface area contributed by atoms with Gasteiger partial charge in [0.25, 0.3) is 5.69 Å². The van der Waals surface area contributed by atoms with Gasteiger partial charge in [0.2, 0.25) is 10.0 Å². The Kier molecular flexibility index (Phi) is 4.69. The Morgan fingerprint density at radius 2 is 2.05 bits per heavy atom. The maximum absolute atomic E-state index is 12.1. The van der Waals surface area contributed by atoms with Gasteiger partial charge in [-0.05, 0) is 26.0 Å². The molecule has 0 radical (unpaired) electrons. The van der Waals surface area contributed by atoms with Gasteiger partial charge in [0.1, 0.15) is 5.75 Å². The van der Waals surface area contributed by atoms with Gasteiger partial charge in [-0.1, -0.05) is 0 Å². The third-order valence-electron chi connectivity index (χ3n) is 2.37. The molecule has 0 unspecified atom stereocenters. The summed E-state index contributed by atoms with van der Waals surface area (Å²) in [6, 6.07) is 3.53. The highest BCUT2D eigenvalue weighted by Crippen LogP contribution is 2.28. The summed E-state index contributed by atoms with van der Waals surface area (Å²) in [5.74, 6) is 0.204. The number of nitrogens with zero attached hydrogens (tertiary/aromatic N) is 1. The molecule has 0 aliphatic rings. The van der Waals surface area contributed by atoms with Gasteiger partial charge < -0.3 is 10.5 Å². The molecule has 0 saturated carbocycles. The topological polar surface area (TPSA) is 125 Å². The highest BCUT2D eigenvalue weighted by molar-refractivity contribution is 7.89. The van der Waals surface area contributed by atoms with Crippen molar-refractivity contribution in [1.82, 2.24) is 4.72 Å². The second-order valence-corrected chi connectivity index (χ2v) is 6.64. The van der Waals surface area contributed by atoms with Gasteiger partial charge >= 0.3 is 0 Å². The van der Waals surface area contributed by atoms with E-state index in [1.54, 1.807) is 13.8 Å². The van der Waals surface area contributed by atoms with E-state index >= 15 is 0 Å². The number of methoxy groups -OCH3 is 1. The van der Waals surface area contributed by atoms with Gasteiger partial charge in [-0.3, -0.25) is 10.1 Å². The minimum Gasteiger partial charge on any atom is -0.497 e. The molecule has 9 heteroatoms. The molecule has 1 aromatic carbocycles. The van der Waals surface area contributed by atoms with Crippen LogP contribution in [0.5, 0.6) is 5.75 Å². The maximum Gasteiger partial charge on any atom is 0.293 e. The second-order valence-electron chi connectivity index (χ2n) is 4.90. The predicted octanol–water partition coefficient (Wildman–Crippen LogP) is 0.619. The molecule has 8 nitrogen and oxygen atoms in total. The summed E-state index contributed by atoms with van der Waals surface area (Å²) in [7, 11) is -2.69. The van der Waals surface area contributed by atoms with Gasteiger partial charge in [-0.25, -0.2) is 13.1 Å². The summed E-state index contributed by atoms with van der Waals surface area (Å²) in [6.45, 7) is 3.23. The Bertz CT molecular complexity index is 607. The lowest BCUT2D eigenvalue weighted by atomic mass is 10.1. The predicted molar refractivity (Wildman–Crippen MR) is 73.1 cm³/mol. The molecule has 0 aromatic heterocycles. The van der Waals surface area contributed by atoms with Crippen molar-refractivity contribution in [1.29, 1.82) is 0 Å². The maximum atomic E-state index is 12.1. The van der Waals surface area contributed by atoms with E-state index in [0.717, 1.165) is 12.1 Å². The standard InChI is InChI=1S/C11H17N3O5S/c1-11(2,12)7-13-20(17,18)10-5-4-8(19-3)6-9(10)14(15)16/h4-6,13H,7,12H2,1-3H3. The fourth-order valence-corrected chi connectivity index (χ4v) is 2.73. The number of nitrogens with one attached hydrogen (secondary N) is 1. The highest BCUT2D eigenvalue weighted by atomic mass is 32.2. The van der Waals surface area contributed by atoms with E-state index < -0.39 is 31.1 Å². The summed E-state index contributed by atoms with van der Waals surface area (Å²) in [4.78, 5) is 9.77. The third-order valence-corrected chi connectivity index (χ3v) is 3.82. The third kappa shape index (κ3) is 4.15. The zero-order chi connectivity index (χ0) is 15.6. The average molecular weight is 303 g/mol. The van der Waals surface area contributed by atoms with Crippen LogP contribution in [0.1, 0.15) is 13.8 Å². The van der Waals surface area contributed by atoms with Crippen molar-refractivity contribution in [3.63, 3.8) is 0 Å². The van der Waals surface area contributed by atoms with Gasteiger partial charge in [0.15, 0.2) is 4.90 Å². The molecule has 0 aliphatic heterocycles. The molecule has 20 heavy (non-hydrogen) atoms. The van der Waals surface area contributed by atoms with E-state index in [9.17, 15) is 18.5 Å². The van der Waals surface area contributed by atoms with E-state index in [4.69, 9.17) is 10.5 Å². The number of hydrogen-bond donors (Lipinski definition) is 2. The lowest BCUT2D eigenvalue weighted by Gasteiger charge is -2.18. The second kappa shape index (κ2) is 5.73. The van der Waals surface area contributed by atoms with E-state index in [-0.39, 0.29) is 12.3 Å². The summed E-state index contributed by atoms with van der Waals surface area (Å²) >= 11 is 0. The highest BCUT2D eigenvalue weighted by Gasteiger charge is 2.27. The van der Waals surface area contributed by atoms with Crippen molar-refractivity contribution >= 4 is 15.7 Å². The minimum absolute atomic E-state index is 0.0431. The number of rotatable bonds is 6. The summed E-state index contributed by atoms with van der Waals surface area (Å²) < 4.78 is 31.3. The molecule has 0 atom stereocenters. The summed E-state index contributed by atoms with van der Waals surface area (Å²) in [5, 5.41) is 11.0. The number of nitro groups is 1. The van der Waals surface area contributed by atoms with Crippen molar-refractivity contribution in [3.05, 3.63) is 28.3 Å². The van der Waals surface area contributed by atoms with Gasteiger partial charge in [0.05, 0.1) is 18.1 Å². The first-order valence-corrected chi connectivity index (χ1v) is 7.16. The largest absolute Gasteiger partial charge is 0.497 e. The average Bonchev–Trinajstić information content (AvgIpc) is 2.35. The molecule has 0 bridgehead atoms. The van der Waals surface area contributed by atoms with Crippen molar-refractivity contribution in [2.75, 3.05) is 13.7 Å². The number of hydrogen-bond acceptors (Lipinski definition) is 6. The van der Waals surface area contributed by atoms with Gasteiger partial charge in [0, 0.05) is 12.1 Å². The molecule has 0 amide bonds. The van der Waals surface area contributed by atoms with E-state index in [1.807, 2.05) is 0 Å². The van der Waals surface area contributed by atoms with Crippen LogP contribution in [-0.2, 0) is 10.0 Å². The SMILES string of the molecule is COc1ccc(S(=O)(=O)NCC(C)(C)N)c([N+](=O)[O-])c1. The van der Waals surface area contributed by atoms with E-state index in [2.05, 4.69) is 4.72 Å². The zero-order valence-electron chi connectivity index (χ0n) is 11.4. The smallest absolute Gasteiger partial charge is 0.293 e. The lowest BCUT2D eigenvalue weighted by molar-refractivity contribution is -0.387. The summed E-state index contributed by atoms with van der Waals surface area (Å²) in [5.41, 5.74) is 4.36. The molecule has 112 valence electrons. The molecule has 1 aromatic rings. The molecular formula is C11H17N3O5S. The van der Waals surface area contributed by atoms with Crippen LogP contribution >= 0.6 is 0 Å². The fourth-order valence-electron chi connectivity index (χ4n) is 1.35. The molecule has 0 heterocycles. The van der Waals surface area contributed by atoms with Crippen LogP contribution in [-0.4, -0.2) is 32.5 Å². The first-order chi connectivity index (χ1) is 9.07. The van der Waals surface area contributed by atoms with Crippen LogP contribution in [0.25, 0.3) is 0 Å². The van der Waals surface area contributed by atoms with Crippen molar-refractivity contribution < 1.29 is 18.1 Å². The quantitative estimate of drug-likeness (QED) is 0.586. The number of nitrogens with two attached hydrogens (primary N) is 1. The molecule has 0 aliphatic carbocycles. The Morgan fingerprint density at radius 3 is 2.50 bits per heavy atom. The molecule has 0 fully saturated rings. The Balaban J connectivity index is 3.21. The van der Waals surface area contributed by atoms with Crippen LogP contribution in [0.3, 0.4) is 0 Å². The van der Waals surface area contributed by atoms with Gasteiger partial charge in [-0.15, -0.1) is 0 Å². The van der Waals surface area contributed by atoms with Crippen LogP contribution in [0.4, 0.5) is 5.69 Å². The Morgan fingerprint density at radius 1 is 1.45 bits per heavy atom. The van der Waals surface area contributed by atoms with E-state index in [0.29, 0.717) is 0 Å². The number of nitro benzene ring substituents is 1. The first-order valence-electron chi connectivity index (χ1n) is 5.68. The molecular weight excluding hydrogens is 286 g/mol. The first kappa shape index (κ1) is 16.3. The number of sulfonamides is 1. The minimum atomic E-state index is -4.02. The van der Waals surface area contributed by atoms with Crippen LogP contribution in [0.15, 0.2) is 23.1 Å². The van der Waals surface area contributed by atoms with Crippen LogP contribution < -0.4 is 15.2 Å². The summed E-state index contributed by atoms with van der Waals surface area (Å²) in [6.07, 6.45) is 0. The fraction of sp³-hybridized carbons (Fsp3) is 0.455. The van der Waals surface area contributed by atoms with Crippen LogP contribution in [0.2, 0.25) is 0 Å². The Labute approximate surface area is 117 Å². The number of benzene rings is 1. The van der Waals surface area contributed by atoms with E-state index in [1.165, 1.54) is 13.2 Å². The monoisotopic (exact) mass is 303 g/mol. The Hall–Kier alpha value is -1.71. The molecule has 0 spiro atoms. The van der Waals surface area contributed by atoms with Crippen molar-refractivity contribution in [3.8, 4) is 5.75 Å². The molecule has 3 N–H and O–H groups in total. The number of ether oxygens (including phenoxy) is 1. The van der Waals surface area contributed by atoms with Crippen molar-refractivity contribution in [2.45, 2.75) is 24.3 Å². The van der Waals surface area contributed by atoms with Gasteiger partial charge in [-0.2, -0.15) is 0 Å². The molecule has 0 saturated heterocycles. The van der Waals surface area contributed by atoms with Crippen LogP contribution in [0, 0.1) is 10.1 Å². The van der Waals surface area contributed by atoms with Crippen molar-refractivity contribution in [2.24, 2.45) is 5.73 Å². The molecule has 1 rings (SSSR count). The zero-order valence-corrected chi connectivity index (χ0v) is 12.2. The lowest BCUT2D eigenvalue weighted by Crippen LogP contribution is -2.45. The normalized spacial score (nSPS) is 12.2.